The summed E-state index contributed by atoms with van der Waals surface area (Å²) in [7, 11) is 1.52. The molecule has 3 aromatic rings. The minimum atomic E-state index is -0.983. The maximum atomic E-state index is 13.4. The fraction of sp³-hybridized carbons (Fsp3) is 0.333. The third-order valence-corrected chi connectivity index (χ3v) is 7.24. The minimum absolute atomic E-state index is 0.274. The van der Waals surface area contributed by atoms with E-state index in [1.807, 2.05) is 62.4 Å². The molecule has 0 spiro atoms. The lowest BCUT2D eigenvalue weighted by Gasteiger charge is -2.45. The number of amides is 1. The number of carbonyl (C=O) groups is 2. The van der Waals surface area contributed by atoms with Crippen molar-refractivity contribution in [3.63, 3.8) is 0 Å². The van der Waals surface area contributed by atoms with Gasteiger partial charge in [-0.2, -0.15) is 0 Å². The molecule has 8 nitrogen and oxygen atoms in total. The highest BCUT2D eigenvalue weighted by atomic mass is 35.5. The Kier molecular flexibility index (Phi) is 7.79. The molecule has 2 aliphatic heterocycles. The van der Waals surface area contributed by atoms with Crippen LogP contribution in [-0.4, -0.2) is 55.9 Å². The average molecular weight is 552 g/mol. The Balaban J connectivity index is 1.42. The molecule has 0 bridgehead atoms. The van der Waals surface area contributed by atoms with Gasteiger partial charge >= 0.3 is 6.16 Å². The van der Waals surface area contributed by atoms with E-state index in [9.17, 15) is 9.59 Å². The molecule has 2 aliphatic rings. The number of carbonyl (C=O) groups excluding carboxylic acids is 2. The van der Waals surface area contributed by atoms with Crippen molar-refractivity contribution < 1.29 is 33.3 Å². The van der Waals surface area contributed by atoms with Crippen LogP contribution in [0.15, 0.2) is 72.8 Å². The fourth-order valence-corrected chi connectivity index (χ4v) is 5.30. The van der Waals surface area contributed by atoms with Gasteiger partial charge in [0.1, 0.15) is 11.9 Å². The first-order chi connectivity index (χ1) is 18.8. The molecule has 2 heterocycles. The second-order valence-corrected chi connectivity index (χ2v) is 10.4. The van der Waals surface area contributed by atoms with Gasteiger partial charge < -0.3 is 29.0 Å². The van der Waals surface area contributed by atoms with Gasteiger partial charge in [-0.05, 0) is 55.7 Å². The first-order valence-corrected chi connectivity index (χ1v) is 13.1. The second kappa shape index (κ2) is 11.3. The molecule has 2 fully saturated rings. The van der Waals surface area contributed by atoms with Crippen LogP contribution in [0.2, 0.25) is 5.02 Å². The molecule has 5 rings (SSSR count). The molecule has 39 heavy (non-hydrogen) atoms. The SMILES string of the molecule is CO[C@@H]1[C@H]2OC(=O)O[C@H]2[C@H](Oc2ccc(-c3ccccc3Cl)c(C(=O)NCCc3ccccc3)c2)OC1(C)C. The van der Waals surface area contributed by atoms with Crippen molar-refractivity contribution in [3.8, 4) is 16.9 Å². The number of ether oxygens (including phenoxy) is 5. The van der Waals surface area contributed by atoms with Gasteiger partial charge in [0.05, 0.1) is 11.2 Å². The van der Waals surface area contributed by atoms with Gasteiger partial charge in [0.25, 0.3) is 5.91 Å². The fourth-order valence-electron chi connectivity index (χ4n) is 5.06. The molecular formula is C30H30ClNO7. The standard InChI is InChI=1S/C30H30ClNO7/c1-30(2)26(35-3)24-25(38-29(34)37-24)28(39-30)36-19-13-14-20(21-11-7-8-12-23(21)31)22(17-19)27(33)32-16-15-18-9-5-4-6-10-18/h4-14,17,24-26,28H,15-16H2,1-3H3,(H,32,33)/t24-,25+,26+,28+/m0/s1. The van der Waals surface area contributed by atoms with Crippen LogP contribution < -0.4 is 10.1 Å². The van der Waals surface area contributed by atoms with Crippen molar-refractivity contribution in [1.82, 2.24) is 5.32 Å². The van der Waals surface area contributed by atoms with E-state index in [1.165, 1.54) is 7.11 Å². The molecule has 0 radical (unpaired) electrons. The lowest BCUT2D eigenvalue weighted by atomic mass is 9.89. The molecule has 0 aliphatic carbocycles. The Bertz CT molecular complexity index is 1350. The summed E-state index contributed by atoms with van der Waals surface area (Å²) in [5.41, 5.74) is 2.03. The molecule has 0 unspecified atom stereocenters. The first-order valence-electron chi connectivity index (χ1n) is 12.7. The number of fused-ring (bicyclic) bond motifs is 1. The highest BCUT2D eigenvalue weighted by molar-refractivity contribution is 6.33. The quantitative estimate of drug-likeness (QED) is 0.374. The minimum Gasteiger partial charge on any atom is -0.461 e. The predicted molar refractivity (Wildman–Crippen MR) is 145 cm³/mol. The molecule has 0 saturated carbocycles. The lowest BCUT2D eigenvalue weighted by molar-refractivity contribution is -0.282. The maximum Gasteiger partial charge on any atom is 0.509 e. The van der Waals surface area contributed by atoms with Crippen molar-refractivity contribution in [2.45, 2.75) is 50.5 Å². The Hall–Kier alpha value is -3.59. The summed E-state index contributed by atoms with van der Waals surface area (Å²) in [5, 5.41) is 3.52. The summed E-state index contributed by atoms with van der Waals surface area (Å²) >= 11 is 6.49. The van der Waals surface area contributed by atoms with Crippen molar-refractivity contribution in [3.05, 3.63) is 88.9 Å². The average Bonchev–Trinajstić information content (AvgIpc) is 3.30. The van der Waals surface area contributed by atoms with Gasteiger partial charge in [0, 0.05) is 24.2 Å². The summed E-state index contributed by atoms with van der Waals surface area (Å²) in [6.45, 7) is 4.10. The van der Waals surface area contributed by atoms with Gasteiger partial charge in [0.15, 0.2) is 6.10 Å². The highest BCUT2D eigenvalue weighted by Crippen LogP contribution is 2.39. The largest absolute Gasteiger partial charge is 0.509 e. The topological polar surface area (TPSA) is 92.3 Å². The Morgan fingerprint density at radius 1 is 0.974 bits per heavy atom. The number of nitrogens with one attached hydrogen (secondary N) is 1. The number of benzene rings is 3. The van der Waals surface area contributed by atoms with Gasteiger partial charge in [-0.25, -0.2) is 4.79 Å². The van der Waals surface area contributed by atoms with E-state index in [0.29, 0.717) is 34.9 Å². The highest BCUT2D eigenvalue weighted by Gasteiger charge is 2.58. The summed E-state index contributed by atoms with van der Waals surface area (Å²) in [5.74, 6) is 0.0847. The van der Waals surface area contributed by atoms with E-state index in [1.54, 1.807) is 24.3 Å². The van der Waals surface area contributed by atoms with Crippen molar-refractivity contribution in [2.24, 2.45) is 0 Å². The first kappa shape index (κ1) is 27.0. The van der Waals surface area contributed by atoms with Crippen LogP contribution in [-0.2, 0) is 25.4 Å². The molecule has 0 aromatic heterocycles. The summed E-state index contributed by atoms with van der Waals surface area (Å²) in [6.07, 6.45) is -3.22. The number of rotatable bonds is 8. The van der Waals surface area contributed by atoms with E-state index in [-0.39, 0.29) is 5.91 Å². The van der Waals surface area contributed by atoms with E-state index >= 15 is 0 Å². The lowest BCUT2D eigenvalue weighted by Crippen LogP contribution is -2.62. The number of hydrogen-bond donors (Lipinski definition) is 1. The van der Waals surface area contributed by atoms with Crippen molar-refractivity contribution in [2.75, 3.05) is 13.7 Å². The third kappa shape index (κ3) is 5.73. The summed E-state index contributed by atoms with van der Waals surface area (Å²) in [6, 6.07) is 22.4. The number of halogens is 1. The third-order valence-electron chi connectivity index (χ3n) is 6.91. The molecule has 9 heteroatoms. The maximum absolute atomic E-state index is 13.4. The zero-order valence-corrected chi connectivity index (χ0v) is 22.6. The Morgan fingerprint density at radius 3 is 2.44 bits per heavy atom. The monoisotopic (exact) mass is 551 g/mol. The van der Waals surface area contributed by atoms with Crippen molar-refractivity contribution >= 4 is 23.7 Å². The molecule has 3 aromatic carbocycles. The van der Waals surface area contributed by atoms with Crippen LogP contribution in [0.5, 0.6) is 5.75 Å². The molecule has 204 valence electrons. The van der Waals surface area contributed by atoms with E-state index in [4.69, 9.17) is 35.3 Å². The summed E-state index contributed by atoms with van der Waals surface area (Å²) < 4.78 is 28.7. The van der Waals surface area contributed by atoms with Crippen LogP contribution in [0.1, 0.15) is 29.8 Å². The van der Waals surface area contributed by atoms with E-state index in [2.05, 4.69) is 5.32 Å². The van der Waals surface area contributed by atoms with Crippen LogP contribution in [0.4, 0.5) is 4.79 Å². The Labute approximate surface area is 232 Å². The molecule has 4 atom stereocenters. The summed E-state index contributed by atoms with van der Waals surface area (Å²) in [4.78, 5) is 25.4. The normalized spacial score (nSPS) is 23.3. The van der Waals surface area contributed by atoms with Crippen LogP contribution in [0.3, 0.4) is 0 Å². The second-order valence-electron chi connectivity index (χ2n) is 9.96. The number of methoxy groups -OCH3 is 1. The van der Waals surface area contributed by atoms with E-state index in [0.717, 1.165) is 11.1 Å². The van der Waals surface area contributed by atoms with Gasteiger partial charge in [0.2, 0.25) is 12.4 Å². The van der Waals surface area contributed by atoms with Crippen molar-refractivity contribution in [1.29, 1.82) is 0 Å². The molecule has 2 saturated heterocycles. The van der Waals surface area contributed by atoms with Gasteiger partial charge in [-0.3, -0.25) is 4.79 Å². The predicted octanol–water partition coefficient (Wildman–Crippen LogP) is 5.41. The number of hydrogen-bond acceptors (Lipinski definition) is 7. The van der Waals surface area contributed by atoms with Crippen LogP contribution in [0.25, 0.3) is 11.1 Å². The Morgan fingerprint density at radius 2 is 1.69 bits per heavy atom. The van der Waals surface area contributed by atoms with Gasteiger partial charge in [-0.15, -0.1) is 0 Å². The molecular weight excluding hydrogens is 522 g/mol. The van der Waals surface area contributed by atoms with Crippen LogP contribution in [0, 0.1) is 0 Å². The molecule has 1 amide bonds. The smallest absolute Gasteiger partial charge is 0.461 e. The van der Waals surface area contributed by atoms with E-state index < -0.39 is 36.4 Å². The zero-order valence-electron chi connectivity index (χ0n) is 21.9. The molecule has 1 N–H and O–H groups in total. The zero-order chi connectivity index (χ0) is 27.6. The van der Waals surface area contributed by atoms with Crippen LogP contribution >= 0.6 is 11.6 Å². The van der Waals surface area contributed by atoms with Gasteiger partial charge in [-0.1, -0.05) is 60.1 Å².